The molecule has 0 saturated carbocycles. The number of esters is 1. The van der Waals surface area contributed by atoms with E-state index >= 15 is 0 Å². The van der Waals surface area contributed by atoms with Crippen LogP contribution in [0.15, 0.2) is 35.7 Å². The Morgan fingerprint density at radius 1 is 1.44 bits per heavy atom. The smallest absolute Gasteiger partial charge is 0.327 e. The summed E-state index contributed by atoms with van der Waals surface area (Å²) in [5.41, 5.74) is 2.11. The number of benzene rings is 1. The fraction of sp³-hybridized carbons (Fsp3) is 0.312. The fourth-order valence-corrected chi connectivity index (χ4v) is 3.90. The van der Waals surface area contributed by atoms with Gasteiger partial charge in [-0.1, -0.05) is 29.8 Å². The van der Waals surface area contributed by atoms with E-state index in [4.69, 9.17) is 31.7 Å². The first-order valence-electron chi connectivity index (χ1n) is 7.38. The van der Waals surface area contributed by atoms with Crippen molar-refractivity contribution in [3.8, 4) is 0 Å². The van der Waals surface area contributed by atoms with Gasteiger partial charge < -0.3 is 9.94 Å². The van der Waals surface area contributed by atoms with Crippen molar-refractivity contribution in [2.75, 3.05) is 13.7 Å². The molecule has 1 atom stereocenters. The number of methoxy groups -OCH3 is 1. The molecule has 0 saturated heterocycles. The van der Waals surface area contributed by atoms with Crippen molar-refractivity contribution >= 4 is 28.9 Å². The first-order chi connectivity index (χ1) is 11.9. The van der Waals surface area contributed by atoms with Gasteiger partial charge in [0, 0.05) is 23.0 Å². The average Bonchev–Trinajstić information content (AvgIpc) is 3.04. The SMILES string of the molecule is COC(=O)[C@H](c1ccccc1Cl)N1CCc2sccc2C1.O=[N+]([O-])O. The van der Waals surface area contributed by atoms with Crippen LogP contribution in [0.25, 0.3) is 0 Å². The zero-order valence-electron chi connectivity index (χ0n) is 13.4. The van der Waals surface area contributed by atoms with E-state index in [-0.39, 0.29) is 5.97 Å². The van der Waals surface area contributed by atoms with Gasteiger partial charge in [-0.25, -0.2) is 4.79 Å². The van der Waals surface area contributed by atoms with Crippen molar-refractivity contribution in [1.82, 2.24) is 4.90 Å². The zero-order valence-corrected chi connectivity index (χ0v) is 15.0. The molecule has 1 aliphatic rings. The van der Waals surface area contributed by atoms with Gasteiger partial charge in [0.25, 0.3) is 5.09 Å². The van der Waals surface area contributed by atoms with Gasteiger partial charge in [0.1, 0.15) is 6.04 Å². The largest absolute Gasteiger partial charge is 0.468 e. The number of ether oxygens (including phenoxy) is 1. The number of rotatable bonds is 3. The number of halogens is 1. The summed E-state index contributed by atoms with van der Waals surface area (Å²) in [6.07, 6.45) is 0.963. The third-order valence-corrected chi connectivity index (χ3v) is 5.19. The highest BCUT2D eigenvalue weighted by molar-refractivity contribution is 7.10. The van der Waals surface area contributed by atoms with Gasteiger partial charge in [0.2, 0.25) is 0 Å². The van der Waals surface area contributed by atoms with E-state index in [1.165, 1.54) is 17.6 Å². The summed E-state index contributed by atoms with van der Waals surface area (Å²) < 4.78 is 5.01. The number of nitrogens with zero attached hydrogens (tertiary/aromatic N) is 2. The van der Waals surface area contributed by atoms with Crippen LogP contribution in [0.1, 0.15) is 22.0 Å². The first kappa shape index (κ1) is 19.2. The third-order valence-electron chi connectivity index (χ3n) is 3.83. The maximum absolute atomic E-state index is 12.3. The number of carbonyl (C=O) groups excluding carboxylic acids is 1. The Labute approximate surface area is 153 Å². The van der Waals surface area contributed by atoms with Gasteiger partial charge in [-0.3, -0.25) is 4.90 Å². The van der Waals surface area contributed by atoms with E-state index < -0.39 is 11.1 Å². The lowest BCUT2D eigenvalue weighted by molar-refractivity contribution is -0.742. The molecule has 9 heteroatoms. The van der Waals surface area contributed by atoms with Gasteiger partial charge in [0.15, 0.2) is 0 Å². The minimum atomic E-state index is -1.50. The molecule has 7 nitrogen and oxygen atoms in total. The molecule has 0 radical (unpaired) electrons. The first-order valence-corrected chi connectivity index (χ1v) is 8.64. The van der Waals surface area contributed by atoms with E-state index in [0.717, 1.165) is 25.1 Å². The Morgan fingerprint density at radius 3 is 2.76 bits per heavy atom. The Hall–Kier alpha value is -2.16. The molecule has 3 rings (SSSR count). The molecule has 0 unspecified atom stereocenters. The molecule has 0 spiro atoms. The predicted octanol–water partition coefficient (Wildman–Crippen LogP) is 3.33. The second kappa shape index (κ2) is 8.80. The van der Waals surface area contributed by atoms with Crippen LogP contribution in [-0.4, -0.2) is 34.8 Å². The second-order valence-electron chi connectivity index (χ2n) is 5.27. The van der Waals surface area contributed by atoms with Crippen molar-refractivity contribution in [1.29, 1.82) is 0 Å². The van der Waals surface area contributed by atoms with E-state index in [1.807, 2.05) is 24.3 Å². The van der Waals surface area contributed by atoms with Crippen molar-refractivity contribution in [2.24, 2.45) is 0 Å². The molecule has 1 aromatic heterocycles. The molecule has 0 fully saturated rings. The van der Waals surface area contributed by atoms with Crippen LogP contribution in [0.2, 0.25) is 5.02 Å². The maximum atomic E-state index is 12.3. The summed E-state index contributed by atoms with van der Waals surface area (Å²) >= 11 is 8.07. The summed E-state index contributed by atoms with van der Waals surface area (Å²) in [4.78, 5) is 24.2. The molecule has 25 heavy (non-hydrogen) atoms. The van der Waals surface area contributed by atoms with E-state index in [2.05, 4.69) is 16.3 Å². The van der Waals surface area contributed by atoms with Crippen LogP contribution in [0.4, 0.5) is 0 Å². The van der Waals surface area contributed by atoms with Gasteiger partial charge in [-0.05, 0) is 35.1 Å². The number of hydrogen-bond acceptors (Lipinski definition) is 6. The topological polar surface area (TPSA) is 92.9 Å². The van der Waals surface area contributed by atoms with Crippen molar-refractivity contribution < 1.29 is 19.8 Å². The van der Waals surface area contributed by atoms with Crippen LogP contribution < -0.4 is 0 Å². The van der Waals surface area contributed by atoms with E-state index in [1.54, 1.807) is 11.3 Å². The fourth-order valence-electron chi connectivity index (χ4n) is 2.77. The number of fused-ring (bicyclic) bond motifs is 1. The minimum absolute atomic E-state index is 0.262. The number of thiophene rings is 1. The minimum Gasteiger partial charge on any atom is -0.468 e. The molecule has 0 amide bonds. The Bertz CT molecular complexity index is 748. The number of hydrogen-bond donors (Lipinski definition) is 1. The quantitative estimate of drug-likeness (QED) is 0.495. The van der Waals surface area contributed by atoms with Gasteiger partial charge in [-0.15, -0.1) is 21.5 Å². The van der Waals surface area contributed by atoms with Gasteiger partial charge in [-0.2, -0.15) is 0 Å². The molecule has 1 aromatic carbocycles. The number of carbonyl (C=O) groups is 1. The van der Waals surface area contributed by atoms with Crippen LogP contribution in [0.3, 0.4) is 0 Å². The molecule has 1 aliphatic heterocycles. The summed E-state index contributed by atoms with van der Waals surface area (Å²) in [5, 5.41) is 16.3. The normalized spacial score (nSPS) is 14.6. The zero-order chi connectivity index (χ0) is 18.4. The summed E-state index contributed by atoms with van der Waals surface area (Å²) in [6, 6.07) is 9.16. The summed E-state index contributed by atoms with van der Waals surface area (Å²) in [7, 11) is 1.42. The second-order valence-corrected chi connectivity index (χ2v) is 6.68. The Balaban J connectivity index is 0.000000511. The lowest BCUT2D eigenvalue weighted by atomic mass is 10.0. The van der Waals surface area contributed by atoms with Crippen LogP contribution in [-0.2, 0) is 22.5 Å². The highest BCUT2D eigenvalue weighted by Crippen LogP contribution is 2.33. The lowest BCUT2D eigenvalue weighted by Gasteiger charge is -2.33. The standard InChI is InChI=1S/C16H16ClNO2S.HNO3/c1-20-16(19)15(12-4-2-3-5-13(12)17)18-8-6-14-11(10-18)7-9-21-14;2-1(3)4/h2-5,7,9,15H,6,8,10H2,1H3;(H,2,3,4)/t15-;/m0./s1. The molecule has 0 bridgehead atoms. The van der Waals surface area contributed by atoms with Crippen molar-refractivity contribution in [2.45, 2.75) is 19.0 Å². The summed E-state index contributed by atoms with van der Waals surface area (Å²) in [5.74, 6) is -0.262. The molecule has 2 aromatic rings. The summed E-state index contributed by atoms with van der Waals surface area (Å²) in [6.45, 7) is 1.59. The Morgan fingerprint density at radius 2 is 2.12 bits per heavy atom. The molecular weight excluding hydrogens is 368 g/mol. The maximum Gasteiger partial charge on any atom is 0.327 e. The molecule has 134 valence electrons. The predicted molar refractivity (Wildman–Crippen MR) is 93.4 cm³/mol. The lowest BCUT2D eigenvalue weighted by Crippen LogP contribution is -2.38. The molecule has 2 heterocycles. The molecule has 1 N–H and O–H groups in total. The van der Waals surface area contributed by atoms with Crippen molar-refractivity contribution in [3.05, 3.63) is 66.9 Å². The van der Waals surface area contributed by atoms with Gasteiger partial charge >= 0.3 is 5.97 Å². The highest BCUT2D eigenvalue weighted by Gasteiger charge is 2.32. The van der Waals surface area contributed by atoms with E-state index in [0.29, 0.717) is 5.02 Å². The van der Waals surface area contributed by atoms with Gasteiger partial charge in [0.05, 0.1) is 7.11 Å². The van der Waals surface area contributed by atoms with Crippen molar-refractivity contribution in [3.63, 3.8) is 0 Å². The monoisotopic (exact) mass is 384 g/mol. The average molecular weight is 385 g/mol. The van der Waals surface area contributed by atoms with Crippen LogP contribution in [0, 0.1) is 10.1 Å². The Kier molecular flexibility index (Phi) is 6.74. The van der Waals surface area contributed by atoms with E-state index in [9.17, 15) is 4.79 Å². The molecule has 0 aliphatic carbocycles. The molecular formula is C16H17ClN2O5S. The third kappa shape index (κ3) is 4.91. The van der Waals surface area contributed by atoms with Crippen LogP contribution >= 0.6 is 22.9 Å². The highest BCUT2D eigenvalue weighted by atomic mass is 35.5. The van der Waals surface area contributed by atoms with Crippen LogP contribution in [0.5, 0.6) is 0 Å².